The predicted octanol–water partition coefficient (Wildman–Crippen LogP) is 6.06. The van der Waals surface area contributed by atoms with E-state index in [1.54, 1.807) is 0 Å². The van der Waals surface area contributed by atoms with Crippen molar-refractivity contribution in [3.8, 4) is 0 Å². The van der Waals surface area contributed by atoms with E-state index in [0.717, 1.165) is 47.6 Å². The van der Waals surface area contributed by atoms with Crippen molar-refractivity contribution in [2.24, 2.45) is 35.5 Å². The van der Waals surface area contributed by atoms with Crippen LogP contribution in [0.25, 0.3) is 0 Å². The van der Waals surface area contributed by atoms with Gasteiger partial charge in [0.1, 0.15) is 0 Å². The number of hydrogen-bond acceptors (Lipinski definition) is 2. The summed E-state index contributed by atoms with van der Waals surface area (Å²) in [6, 6.07) is 1.80. The molecule has 0 aromatic rings. The lowest BCUT2D eigenvalue weighted by molar-refractivity contribution is 0.0315. The van der Waals surface area contributed by atoms with Gasteiger partial charge in [0.15, 0.2) is 0 Å². The van der Waals surface area contributed by atoms with E-state index in [2.05, 4.69) is 37.5 Å². The normalized spacial score (nSPS) is 43.3. The molecule has 2 heterocycles. The minimum absolute atomic E-state index is 0.900. The quantitative estimate of drug-likeness (QED) is 0.580. The summed E-state index contributed by atoms with van der Waals surface area (Å²) in [6.07, 6.45) is 14.7. The number of hydrogen-bond donors (Lipinski definition) is 0. The van der Waals surface area contributed by atoms with Gasteiger partial charge in [0, 0.05) is 12.1 Å². The highest BCUT2D eigenvalue weighted by Crippen LogP contribution is 2.39. The second-order valence-corrected chi connectivity index (χ2v) is 11.9. The van der Waals surface area contributed by atoms with Gasteiger partial charge in [0.05, 0.1) is 0 Å². The van der Waals surface area contributed by atoms with E-state index in [1.165, 1.54) is 90.4 Å². The first-order chi connectivity index (χ1) is 13.5. The average Bonchev–Trinajstić information content (AvgIpc) is 2.67. The highest BCUT2D eigenvalue weighted by Gasteiger charge is 2.36. The van der Waals surface area contributed by atoms with E-state index in [1.807, 2.05) is 0 Å². The standard InChI is InChI=1S/C26H48N2/c1-19-13-20(2)16-25(15-19)27-9-5-23(6-10-27)24-7-11-28(12-8-24)26-17-21(3)14-22(4)18-26/h19-26H,5-18H2,1-4H3. The smallest absolute Gasteiger partial charge is 0.0100 e. The van der Waals surface area contributed by atoms with Crippen LogP contribution in [-0.2, 0) is 0 Å². The molecule has 0 N–H and O–H groups in total. The molecule has 0 bridgehead atoms. The molecule has 2 saturated heterocycles. The second-order valence-electron chi connectivity index (χ2n) is 11.9. The molecule has 0 amide bonds. The van der Waals surface area contributed by atoms with E-state index in [-0.39, 0.29) is 0 Å². The predicted molar refractivity (Wildman–Crippen MR) is 121 cm³/mol. The van der Waals surface area contributed by atoms with Crippen LogP contribution in [0, 0.1) is 35.5 Å². The molecule has 2 heteroatoms. The maximum Gasteiger partial charge on any atom is 0.0100 e. The molecule has 2 aliphatic heterocycles. The lowest BCUT2D eigenvalue weighted by Crippen LogP contribution is -2.48. The highest BCUT2D eigenvalue weighted by atomic mass is 15.2. The summed E-state index contributed by atoms with van der Waals surface area (Å²) in [5.41, 5.74) is 0. The Morgan fingerprint density at radius 1 is 0.429 bits per heavy atom. The Bertz CT molecular complexity index is 411. The molecular weight excluding hydrogens is 340 g/mol. The Labute approximate surface area is 175 Å². The second kappa shape index (κ2) is 9.38. The monoisotopic (exact) mass is 388 g/mol. The molecule has 4 atom stereocenters. The van der Waals surface area contributed by atoms with Gasteiger partial charge in [-0.3, -0.25) is 0 Å². The molecule has 28 heavy (non-hydrogen) atoms. The van der Waals surface area contributed by atoms with Gasteiger partial charge in [-0.25, -0.2) is 0 Å². The Morgan fingerprint density at radius 2 is 0.714 bits per heavy atom. The Hall–Kier alpha value is -0.0800. The van der Waals surface area contributed by atoms with Gasteiger partial charge >= 0.3 is 0 Å². The number of likely N-dealkylation sites (tertiary alicyclic amines) is 2. The summed E-state index contributed by atoms with van der Waals surface area (Å²) < 4.78 is 0. The van der Waals surface area contributed by atoms with Gasteiger partial charge in [-0.1, -0.05) is 27.7 Å². The summed E-state index contributed by atoms with van der Waals surface area (Å²) in [5.74, 6) is 5.84. The van der Waals surface area contributed by atoms with Crippen LogP contribution < -0.4 is 0 Å². The van der Waals surface area contributed by atoms with Crippen LogP contribution in [0.15, 0.2) is 0 Å². The van der Waals surface area contributed by atoms with Crippen molar-refractivity contribution in [1.82, 2.24) is 9.80 Å². The molecule has 2 nitrogen and oxygen atoms in total. The third-order valence-electron chi connectivity index (χ3n) is 9.16. The van der Waals surface area contributed by atoms with E-state index >= 15 is 0 Å². The third-order valence-corrected chi connectivity index (χ3v) is 9.16. The molecule has 2 aliphatic carbocycles. The summed E-state index contributed by atoms with van der Waals surface area (Å²) in [6.45, 7) is 15.5. The summed E-state index contributed by atoms with van der Waals surface area (Å²) in [5, 5.41) is 0. The van der Waals surface area contributed by atoms with Crippen LogP contribution in [-0.4, -0.2) is 48.1 Å². The SMILES string of the molecule is CC1CC(C)CC(N2CCC(C3CCN(C4CC(C)CC(C)C4)CC3)CC2)C1. The molecular formula is C26H48N2. The fraction of sp³-hybridized carbons (Fsp3) is 1.00. The largest absolute Gasteiger partial charge is 0.300 e. The van der Waals surface area contributed by atoms with E-state index in [0.29, 0.717) is 0 Å². The molecule has 4 unspecified atom stereocenters. The number of nitrogens with zero attached hydrogens (tertiary/aromatic N) is 2. The molecule has 4 aliphatic rings. The topological polar surface area (TPSA) is 6.48 Å². The first-order valence-corrected chi connectivity index (χ1v) is 13.0. The molecule has 4 fully saturated rings. The zero-order chi connectivity index (χ0) is 19.7. The fourth-order valence-electron chi connectivity index (χ4n) is 7.92. The van der Waals surface area contributed by atoms with Crippen LogP contribution in [0.2, 0.25) is 0 Å². The van der Waals surface area contributed by atoms with Gasteiger partial charge in [0.25, 0.3) is 0 Å². The number of piperidine rings is 2. The zero-order valence-electron chi connectivity index (χ0n) is 19.4. The van der Waals surface area contributed by atoms with Crippen molar-refractivity contribution in [2.45, 2.75) is 104 Å². The minimum atomic E-state index is 0.900. The van der Waals surface area contributed by atoms with Crippen molar-refractivity contribution >= 4 is 0 Å². The first kappa shape index (κ1) is 21.2. The molecule has 0 aromatic heterocycles. The van der Waals surface area contributed by atoms with Gasteiger partial charge in [0.2, 0.25) is 0 Å². The third kappa shape index (κ3) is 5.15. The van der Waals surface area contributed by atoms with Gasteiger partial charge in [-0.2, -0.15) is 0 Å². The van der Waals surface area contributed by atoms with Crippen molar-refractivity contribution in [2.75, 3.05) is 26.2 Å². The van der Waals surface area contributed by atoms with Crippen molar-refractivity contribution < 1.29 is 0 Å². The summed E-state index contributed by atoms with van der Waals surface area (Å²) in [4.78, 5) is 5.78. The van der Waals surface area contributed by atoms with Crippen LogP contribution in [0.5, 0.6) is 0 Å². The molecule has 162 valence electrons. The van der Waals surface area contributed by atoms with Crippen molar-refractivity contribution in [3.63, 3.8) is 0 Å². The molecule has 0 aromatic carbocycles. The summed E-state index contributed by atoms with van der Waals surface area (Å²) in [7, 11) is 0. The molecule has 0 spiro atoms. The van der Waals surface area contributed by atoms with Gasteiger partial charge in [-0.05, 0) is 126 Å². The van der Waals surface area contributed by atoms with Crippen LogP contribution in [0.4, 0.5) is 0 Å². The fourth-order valence-corrected chi connectivity index (χ4v) is 7.92. The maximum absolute atomic E-state index is 2.89. The number of rotatable bonds is 3. The van der Waals surface area contributed by atoms with Crippen LogP contribution >= 0.6 is 0 Å². The van der Waals surface area contributed by atoms with Crippen molar-refractivity contribution in [3.05, 3.63) is 0 Å². The maximum atomic E-state index is 2.89. The van der Waals surface area contributed by atoms with Gasteiger partial charge in [-0.15, -0.1) is 0 Å². The lowest BCUT2D eigenvalue weighted by atomic mass is 9.75. The zero-order valence-corrected chi connectivity index (χ0v) is 19.4. The Morgan fingerprint density at radius 3 is 1.00 bits per heavy atom. The molecule has 2 saturated carbocycles. The Balaban J connectivity index is 1.21. The van der Waals surface area contributed by atoms with E-state index in [9.17, 15) is 0 Å². The van der Waals surface area contributed by atoms with Gasteiger partial charge < -0.3 is 9.80 Å². The van der Waals surface area contributed by atoms with E-state index in [4.69, 9.17) is 0 Å². The van der Waals surface area contributed by atoms with E-state index < -0.39 is 0 Å². The summed E-state index contributed by atoms with van der Waals surface area (Å²) >= 11 is 0. The first-order valence-electron chi connectivity index (χ1n) is 13.0. The molecule has 0 radical (unpaired) electrons. The minimum Gasteiger partial charge on any atom is -0.300 e. The van der Waals surface area contributed by atoms with Crippen LogP contribution in [0.1, 0.15) is 91.9 Å². The van der Waals surface area contributed by atoms with Crippen LogP contribution in [0.3, 0.4) is 0 Å². The lowest BCUT2D eigenvalue weighted by Gasteiger charge is -2.46. The highest BCUT2D eigenvalue weighted by molar-refractivity contribution is 4.89. The molecule has 4 rings (SSSR count). The Kier molecular flexibility index (Phi) is 7.09. The van der Waals surface area contributed by atoms with Crippen molar-refractivity contribution in [1.29, 1.82) is 0 Å². The average molecular weight is 389 g/mol.